The van der Waals surface area contributed by atoms with Gasteiger partial charge in [0.2, 0.25) is 0 Å². The molecule has 0 aromatic carbocycles. The second-order valence-corrected chi connectivity index (χ2v) is 9.86. The van der Waals surface area contributed by atoms with Crippen molar-refractivity contribution < 1.29 is 9.90 Å². The highest BCUT2D eigenvalue weighted by molar-refractivity contribution is 5.75. The van der Waals surface area contributed by atoms with Crippen LogP contribution in [0.1, 0.15) is 110 Å². The van der Waals surface area contributed by atoms with Crippen LogP contribution in [0, 0.1) is 17.3 Å². The first-order valence-corrected chi connectivity index (χ1v) is 12.1. The Bertz CT molecular complexity index is 441. The second-order valence-electron chi connectivity index (χ2n) is 9.86. The minimum absolute atomic E-state index is 0.400. The van der Waals surface area contributed by atoms with Gasteiger partial charge in [0, 0.05) is 6.04 Å². The van der Waals surface area contributed by atoms with Crippen LogP contribution in [0.15, 0.2) is 0 Å². The van der Waals surface area contributed by atoms with Crippen molar-refractivity contribution in [2.24, 2.45) is 17.3 Å². The first kappa shape index (κ1) is 21.1. The normalized spacial score (nSPS) is 35.4. The van der Waals surface area contributed by atoms with Gasteiger partial charge >= 0.3 is 5.97 Å². The lowest BCUT2D eigenvalue weighted by atomic mass is 9.59. The molecule has 1 aliphatic heterocycles. The van der Waals surface area contributed by atoms with E-state index in [0.717, 1.165) is 31.6 Å². The average molecular weight is 378 g/mol. The molecule has 156 valence electrons. The zero-order chi connectivity index (χ0) is 19.1. The highest BCUT2D eigenvalue weighted by Gasteiger charge is 2.49. The van der Waals surface area contributed by atoms with Crippen molar-refractivity contribution in [1.29, 1.82) is 0 Å². The van der Waals surface area contributed by atoms with E-state index in [2.05, 4.69) is 11.8 Å². The molecule has 0 unspecified atom stereocenters. The van der Waals surface area contributed by atoms with E-state index in [1.807, 2.05) is 0 Å². The Kier molecular flexibility index (Phi) is 8.05. The maximum absolute atomic E-state index is 12.3. The van der Waals surface area contributed by atoms with Gasteiger partial charge in [-0.15, -0.1) is 0 Å². The lowest BCUT2D eigenvalue weighted by Crippen LogP contribution is -2.47. The zero-order valence-corrected chi connectivity index (χ0v) is 17.8. The van der Waals surface area contributed by atoms with Gasteiger partial charge in [-0.25, -0.2) is 0 Å². The number of carbonyl (C=O) groups is 1. The molecular formula is C24H43NO2. The summed E-state index contributed by atoms with van der Waals surface area (Å²) in [5.74, 6) is 0.825. The molecular weight excluding hydrogens is 334 g/mol. The van der Waals surface area contributed by atoms with Crippen molar-refractivity contribution in [3.8, 4) is 0 Å². The monoisotopic (exact) mass is 377 g/mol. The van der Waals surface area contributed by atoms with Gasteiger partial charge in [0.05, 0.1) is 5.41 Å². The lowest BCUT2D eigenvalue weighted by Gasteiger charge is -2.46. The minimum Gasteiger partial charge on any atom is -0.481 e. The average Bonchev–Trinajstić information content (AvgIpc) is 3.23. The molecule has 3 rings (SSSR count). The van der Waals surface area contributed by atoms with Gasteiger partial charge in [0.25, 0.3) is 0 Å². The predicted molar refractivity (Wildman–Crippen MR) is 112 cm³/mol. The summed E-state index contributed by atoms with van der Waals surface area (Å²) >= 11 is 0. The third kappa shape index (κ3) is 5.28. The van der Waals surface area contributed by atoms with Crippen LogP contribution >= 0.6 is 0 Å². The number of aliphatic carboxylic acids is 1. The molecule has 0 atom stereocenters. The molecule has 1 heterocycles. The van der Waals surface area contributed by atoms with Gasteiger partial charge in [-0.3, -0.25) is 4.79 Å². The summed E-state index contributed by atoms with van der Waals surface area (Å²) in [4.78, 5) is 15.0. The number of carboxylic acids is 1. The number of nitrogens with zero attached hydrogens (tertiary/aromatic N) is 1. The SMILES string of the molecule is CCCCCCCC1CCC(C2(C(=O)O)CCC(N3CCCC3)CC2)CC1. The van der Waals surface area contributed by atoms with Crippen molar-refractivity contribution in [1.82, 2.24) is 4.90 Å². The van der Waals surface area contributed by atoms with Crippen molar-refractivity contribution >= 4 is 5.97 Å². The number of likely N-dealkylation sites (tertiary alicyclic amines) is 1. The molecule has 2 saturated carbocycles. The van der Waals surface area contributed by atoms with E-state index in [1.54, 1.807) is 0 Å². The van der Waals surface area contributed by atoms with Crippen molar-refractivity contribution in [2.45, 2.75) is 116 Å². The Balaban J connectivity index is 1.45. The molecule has 0 aromatic rings. The first-order chi connectivity index (χ1) is 13.2. The topological polar surface area (TPSA) is 40.5 Å². The van der Waals surface area contributed by atoms with E-state index in [1.165, 1.54) is 90.1 Å². The van der Waals surface area contributed by atoms with E-state index < -0.39 is 11.4 Å². The molecule has 0 spiro atoms. The number of hydrogen-bond donors (Lipinski definition) is 1. The molecule has 0 radical (unpaired) electrons. The van der Waals surface area contributed by atoms with E-state index in [-0.39, 0.29) is 0 Å². The van der Waals surface area contributed by atoms with Gasteiger partial charge in [-0.2, -0.15) is 0 Å². The molecule has 0 amide bonds. The summed E-state index contributed by atoms with van der Waals surface area (Å²) in [7, 11) is 0. The standard InChI is InChI=1S/C24H43NO2/c1-2-3-4-5-6-9-20-10-12-21(13-11-20)24(23(26)27)16-14-22(15-17-24)25-18-7-8-19-25/h20-22H,2-19H2,1H3,(H,26,27). The molecule has 1 N–H and O–H groups in total. The Morgan fingerprint density at radius 2 is 1.56 bits per heavy atom. The predicted octanol–water partition coefficient (Wildman–Crippen LogP) is 6.26. The second kappa shape index (κ2) is 10.3. The fourth-order valence-electron chi connectivity index (χ4n) is 6.43. The van der Waals surface area contributed by atoms with Crippen LogP contribution in [0.25, 0.3) is 0 Å². The number of carboxylic acid groups (broad SMARTS) is 1. The van der Waals surface area contributed by atoms with Gasteiger partial charge < -0.3 is 10.0 Å². The molecule has 3 heteroatoms. The largest absolute Gasteiger partial charge is 0.481 e. The van der Waals surface area contributed by atoms with Crippen molar-refractivity contribution in [3.63, 3.8) is 0 Å². The van der Waals surface area contributed by atoms with Gasteiger partial charge in [0.1, 0.15) is 0 Å². The molecule has 0 bridgehead atoms. The Morgan fingerprint density at radius 3 is 2.15 bits per heavy atom. The van der Waals surface area contributed by atoms with E-state index >= 15 is 0 Å². The maximum Gasteiger partial charge on any atom is 0.309 e. The van der Waals surface area contributed by atoms with Crippen LogP contribution < -0.4 is 0 Å². The van der Waals surface area contributed by atoms with Crippen LogP contribution in [-0.4, -0.2) is 35.1 Å². The molecule has 3 aliphatic rings. The van der Waals surface area contributed by atoms with Crippen LogP contribution in [0.5, 0.6) is 0 Å². The summed E-state index contributed by atoms with van der Waals surface area (Å²) in [6.07, 6.45) is 19.9. The number of hydrogen-bond acceptors (Lipinski definition) is 2. The van der Waals surface area contributed by atoms with Gasteiger partial charge in [0.15, 0.2) is 0 Å². The first-order valence-electron chi connectivity index (χ1n) is 12.1. The van der Waals surface area contributed by atoms with Crippen LogP contribution in [0.3, 0.4) is 0 Å². The summed E-state index contributed by atoms with van der Waals surface area (Å²) in [5.41, 5.74) is -0.400. The summed E-state index contributed by atoms with van der Waals surface area (Å²) in [5, 5.41) is 10.2. The minimum atomic E-state index is -0.481. The summed E-state index contributed by atoms with van der Waals surface area (Å²) < 4.78 is 0. The van der Waals surface area contributed by atoms with E-state index in [9.17, 15) is 9.90 Å². The fourth-order valence-corrected chi connectivity index (χ4v) is 6.43. The van der Waals surface area contributed by atoms with Crippen molar-refractivity contribution in [3.05, 3.63) is 0 Å². The van der Waals surface area contributed by atoms with Gasteiger partial charge in [-0.05, 0) is 76.3 Å². The molecule has 3 nitrogen and oxygen atoms in total. The van der Waals surface area contributed by atoms with Crippen molar-refractivity contribution in [2.75, 3.05) is 13.1 Å². The third-order valence-corrected chi connectivity index (χ3v) is 8.27. The van der Waals surface area contributed by atoms with Gasteiger partial charge in [-0.1, -0.05) is 58.3 Å². The van der Waals surface area contributed by atoms with E-state index in [0.29, 0.717) is 12.0 Å². The molecule has 2 aliphatic carbocycles. The maximum atomic E-state index is 12.3. The molecule has 27 heavy (non-hydrogen) atoms. The lowest BCUT2D eigenvalue weighted by molar-refractivity contribution is -0.158. The fraction of sp³-hybridized carbons (Fsp3) is 0.958. The summed E-state index contributed by atoms with van der Waals surface area (Å²) in [6.45, 7) is 4.76. The zero-order valence-electron chi connectivity index (χ0n) is 17.8. The Labute approximate surface area is 167 Å². The third-order valence-electron chi connectivity index (χ3n) is 8.27. The number of unbranched alkanes of at least 4 members (excludes halogenated alkanes) is 4. The molecule has 0 aromatic heterocycles. The highest BCUT2D eigenvalue weighted by Crippen LogP contribution is 2.50. The quantitative estimate of drug-likeness (QED) is 0.482. The van der Waals surface area contributed by atoms with Crippen LogP contribution in [0.2, 0.25) is 0 Å². The Hall–Kier alpha value is -0.570. The van der Waals surface area contributed by atoms with Crippen LogP contribution in [0.4, 0.5) is 0 Å². The smallest absolute Gasteiger partial charge is 0.309 e. The molecule has 3 fully saturated rings. The van der Waals surface area contributed by atoms with E-state index in [4.69, 9.17) is 0 Å². The number of rotatable bonds is 9. The Morgan fingerprint density at radius 1 is 0.926 bits per heavy atom. The summed E-state index contributed by atoms with van der Waals surface area (Å²) in [6, 6.07) is 0.666. The molecule has 1 saturated heterocycles. The van der Waals surface area contributed by atoms with Crippen LogP contribution in [-0.2, 0) is 4.79 Å². The highest BCUT2D eigenvalue weighted by atomic mass is 16.4.